The van der Waals surface area contributed by atoms with Crippen LogP contribution >= 0.6 is 0 Å². The van der Waals surface area contributed by atoms with Crippen LogP contribution in [0.2, 0.25) is 0 Å². The third-order valence-corrected chi connectivity index (χ3v) is 6.32. The number of hydroxylamine groups is 3. The highest BCUT2D eigenvalue weighted by Gasteiger charge is 2.41. The molecule has 5 rings (SSSR count). The monoisotopic (exact) mass is 404 g/mol. The van der Waals surface area contributed by atoms with Gasteiger partial charge in [0.05, 0.1) is 11.1 Å². The van der Waals surface area contributed by atoms with Crippen LogP contribution < -0.4 is 15.5 Å². The minimum atomic E-state index is -0.287. The molecule has 30 heavy (non-hydrogen) atoms. The number of nitrogens with zero attached hydrogens (tertiary/aromatic N) is 1. The molecule has 3 aliphatic heterocycles. The van der Waals surface area contributed by atoms with Crippen LogP contribution in [0.1, 0.15) is 51.1 Å². The largest absolute Gasteiger partial charge is 0.309 e. The number of carbonyl (C=O) groups is 2. The number of aryl methyl sites for hydroxylation is 1. The number of fused-ring (bicyclic) bond motifs is 2. The van der Waals surface area contributed by atoms with Crippen molar-refractivity contribution in [1.29, 1.82) is 0 Å². The van der Waals surface area contributed by atoms with Gasteiger partial charge in [0, 0.05) is 31.1 Å². The van der Waals surface area contributed by atoms with Gasteiger partial charge in [-0.25, -0.2) is 0 Å². The molecule has 0 aromatic heterocycles. The van der Waals surface area contributed by atoms with Crippen LogP contribution in [0, 0.1) is 0 Å². The number of hydrogen-bond acceptors (Lipinski definition) is 4. The molecule has 2 aromatic carbocycles. The number of unbranched alkanes of at least 4 members (excludes halogenated alkanes) is 1. The van der Waals surface area contributed by atoms with Gasteiger partial charge in [0.1, 0.15) is 13.1 Å². The lowest BCUT2D eigenvalue weighted by Crippen LogP contribution is -2.60. The Kier molecular flexibility index (Phi) is 4.89. The van der Waals surface area contributed by atoms with E-state index in [9.17, 15) is 9.59 Å². The Morgan fingerprint density at radius 2 is 1.70 bits per heavy atom. The van der Waals surface area contributed by atoms with Crippen LogP contribution in [0.3, 0.4) is 0 Å². The molecule has 0 saturated carbocycles. The fraction of sp³-hybridized carbons (Fsp3) is 0.333. The second kappa shape index (κ2) is 7.70. The van der Waals surface area contributed by atoms with Crippen LogP contribution in [0.4, 0.5) is 0 Å². The molecule has 0 aliphatic carbocycles. The van der Waals surface area contributed by atoms with Crippen molar-refractivity contribution in [3.8, 4) is 5.75 Å². The van der Waals surface area contributed by atoms with Crippen molar-refractivity contribution in [1.82, 2.24) is 10.6 Å². The number of imide groups is 1. The molecule has 0 atom stereocenters. The Morgan fingerprint density at radius 1 is 0.900 bits per heavy atom. The molecule has 154 valence electrons. The Hall–Kier alpha value is -2.96. The quantitative estimate of drug-likeness (QED) is 0.457. The molecule has 6 heteroatoms. The summed E-state index contributed by atoms with van der Waals surface area (Å²) in [6.07, 6.45) is 6.00. The molecule has 0 unspecified atom stereocenters. The van der Waals surface area contributed by atoms with Crippen LogP contribution in [-0.2, 0) is 6.42 Å². The van der Waals surface area contributed by atoms with Gasteiger partial charge in [-0.2, -0.15) is 0 Å². The molecule has 2 amide bonds. The number of allylic oxidation sites excluding steroid dienone is 1. The van der Waals surface area contributed by atoms with Gasteiger partial charge in [0.2, 0.25) is 0 Å². The number of carbonyl (C=O) groups excluding carboxylic acids is 2. The number of amides is 2. The molecular formula is C24H26N3O3+. The molecule has 3 aliphatic rings. The number of rotatable bonds is 5. The number of piperazine rings is 1. The highest BCUT2D eigenvalue weighted by Crippen LogP contribution is 2.36. The molecule has 2 aromatic rings. The van der Waals surface area contributed by atoms with Gasteiger partial charge in [0.25, 0.3) is 11.8 Å². The van der Waals surface area contributed by atoms with Crippen molar-refractivity contribution < 1.29 is 19.1 Å². The molecule has 0 bridgehead atoms. The van der Waals surface area contributed by atoms with Gasteiger partial charge >= 0.3 is 0 Å². The summed E-state index contributed by atoms with van der Waals surface area (Å²) in [6.45, 7) is 3.74. The topological polar surface area (TPSA) is 67.4 Å². The number of quaternary nitrogens is 1. The van der Waals surface area contributed by atoms with E-state index >= 15 is 0 Å². The second-order valence-corrected chi connectivity index (χ2v) is 8.18. The van der Waals surface area contributed by atoms with E-state index in [-0.39, 0.29) is 11.8 Å². The number of para-hydroxylation sites is 1. The summed E-state index contributed by atoms with van der Waals surface area (Å²) in [6, 6.07) is 13.8. The predicted octanol–water partition coefficient (Wildman–Crippen LogP) is 3.05. The van der Waals surface area contributed by atoms with E-state index in [2.05, 4.69) is 22.8 Å². The highest BCUT2D eigenvalue weighted by molar-refractivity contribution is 6.22. The molecule has 0 radical (unpaired) electrons. The molecule has 6 nitrogen and oxygen atoms in total. The molecular weight excluding hydrogens is 378 g/mol. The number of nitrogens with one attached hydrogen (secondary N) is 2. The lowest BCUT2D eigenvalue weighted by atomic mass is 9.97. The predicted molar refractivity (Wildman–Crippen MR) is 114 cm³/mol. The minimum Gasteiger partial charge on any atom is -0.309 e. The Bertz CT molecular complexity index is 1040. The maximum atomic E-state index is 12.1. The van der Waals surface area contributed by atoms with Crippen molar-refractivity contribution >= 4 is 17.9 Å². The Labute approximate surface area is 176 Å². The standard InChI is InChI=1S/C24H25N3O3/c28-23-20-10-5-8-17(22(20)24(29)26-23)6-1-3-9-19-16-18-7-2-4-11-21(18)30-27(19)14-12-25-13-15-27/h2,4-5,7-8,10-11,16,25H,1,3,6,9,12-15H2/p+1. The first-order valence-electron chi connectivity index (χ1n) is 10.7. The van der Waals surface area contributed by atoms with E-state index in [0.717, 1.165) is 68.7 Å². The zero-order chi connectivity index (χ0) is 20.6. The molecule has 1 spiro atoms. The summed E-state index contributed by atoms with van der Waals surface area (Å²) in [5, 5.41) is 5.83. The van der Waals surface area contributed by atoms with Crippen molar-refractivity contribution in [3.05, 3.63) is 70.4 Å². The van der Waals surface area contributed by atoms with E-state index in [1.165, 1.54) is 5.70 Å². The third-order valence-electron chi connectivity index (χ3n) is 6.32. The van der Waals surface area contributed by atoms with Crippen LogP contribution in [0.15, 0.2) is 48.2 Å². The van der Waals surface area contributed by atoms with Crippen LogP contribution in [0.25, 0.3) is 6.08 Å². The summed E-state index contributed by atoms with van der Waals surface area (Å²) >= 11 is 0. The third kappa shape index (κ3) is 3.32. The summed E-state index contributed by atoms with van der Waals surface area (Å²) < 4.78 is 0.585. The van der Waals surface area contributed by atoms with Crippen LogP contribution in [0.5, 0.6) is 5.75 Å². The van der Waals surface area contributed by atoms with Gasteiger partial charge in [-0.1, -0.05) is 30.3 Å². The van der Waals surface area contributed by atoms with Crippen molar-refractivity contribution in [3.63, 3.8) is 0 Å². The molecule has 3 heterocycles. The van der Waals surface area contributed by atoms with Crippen LogP contribution in [-0.4, -0.2) is 42.6 Å². The van der Waals surface area contributed by atoms with E-state index in [0.29, 0.717) is 15.8 Å². The molecule has 1 fully saturated rings. The zero-order valence-corrected chi connectivity index (χ0v) is 16.9. The summed E-state index contributed by atoms with van der Waals surface area (Å²) in [5.74, 6) is 0.403. The highest BCUT2D eigenvalue weighted by atomic mass is 16.7. The Morgan fingerprint density at radius 3 is 2.57 bits per heavy atom. The number of benzene rings is 2. The fourth-order valence-electron chi connectivity index (χ4n) is 4.76. The van der Waals surface area contributed by atoms with Gasteiger partial charge in [-0.3, -0.25) is 14.9 Å². The molecule has 1 saturated heterocycles. The van der Waals surface area contributed by atoms with Crippen molar-refractivity contribution in [2.75, 3.05) is 26.2 Å². The normalized spacial score (nSPS) is 19.0. The van der Waals surface area contributed by atoms with Crippen molar-refractivity contribution in [2.45, 2.75) is 25.7 Å². The summed E-state index contributed by atoms with van der Waals surface area (Å²) in [5.41, 5.74) is 4.48. The lowest BCUT2D eigenvalue weighted by Gasteiger charge is -2.42. The fourth-order valence-corrected chi connectivity index (χ4v) is 4.76. The zero-order valence-electron chi connectivity index (χ0n) is 16.9. The lowest BCUT2D eigenvalue weighted by molar-refractivity contribution is -1.05. The average Bonchev–Trinajstić information content (AvgIpc) is 3.06. The SMILES string of the molecule is O=C1NC(=O)c2c(CCCCC3=Cc4ccccc4O[N+]34CCNCC4)cccc21. The van der Waals surface area contributed by atoms with Gasteiger partial charge in [0.15, 0.2) is 11.4 Å². The summed E-state index contributed by atoms with van der Waals surface area (Å²) in [7, 11) is 0. The first-order chi connectivity index (χ1) is 14.7. The smallest absolute Gasteiger partial charge is 0.259 e. The maximum absolute atomic E-state index is 12.1. The van der Waals surface area contributed by atoms with E-state index in [4.69, 9.17) is 4.84 Å². The minimum absolute atomic E-state index is 0.268. The van der Waals surface area contributed by atoms with Gasteiger partial charge in [-0.05, 0) is 37.0 Å². The van der Waals surface area contributed by atoms with Crippen molar-refractivity contribution in [2.24, 2.45) is 0 Å². The molecule has 2 N–H and O–H groups in total. The Balaban J connectivity index is 1.30. The summed E-state index contributed by atoms with van der Waals surface area (Å²) in [4.78, 5) is 30.5. The average molecular weight is 404 g/mol. The van der Waals surface area contributed by atoms with Gasteiger partial charge < -0.3 is 10.2 Å². The number of hydrogen-bond donors (Lipinski definition) is 2. The second-order valence-electron chi connectivity index (χ2n) is 8.18. The van der Waals surface area contributed by atoms with Gasteiger partial charge in [-0.15, -0.1) is 4.65 Å². The van der Waals surface area contributed by atoms with E-state index < -0.39 is 0 Å². The van der Waals surface area contributed by atoms with E-state index in [1.807, 2.05) is 30.3 Å². The first-order valence-corrected chi connectivity index (χ1v) is 10.7. The van der Waals surface area contributed by atoms with E-state index in [1.54, 1.807) is 6.07 Å². The maximum Gasteiger partial charge on any atom is 0.259 e. The first kappa shape index (κ1) is 19.0.